The highest BCUT2D eigenvalue weighted by atomic mass is 16.2. The number of carbonyl (C=O) groups excluding carboxylic acids is 1. The third kappa shape index (κ3) is 2.86. The zero-order valence-electron chi connectivity index (χ0n) is 16.1. The summed E-state index contributed by atoms with van der Waals surface area (Å²) in [6.45, 7) is 0. The van der Waals surface area contributed by atoms with Crippen LogP contribution in [0.2, 0.25) is 0 Å². The van der Waals surface area contributed by atoms with E-state index in [0.717, 1.165) is 38.4 Å². The summed E-state index contributed by atoms with van der Waals surface area (Å²) < 4.78 is 0. The first kappa shape index (κ1) is 17.2. The smallest absolute Gasteiger partial charge is 0.253 e. The Labute approximate surface area is 167 Å². The van der Waals surface area contributed by atoms with Gasteiger partial charge in [-0.2, -0.15) is 0 Å². The molecule has 0 unspecified atom stereocenters. The maximum atomic E-state index is 12.3. The van der Waals surface area contributed by atoms with Crippen molar-refractivity contribution in [3.05, 3.63) is 72.6 Å². The Morgan fingerprint density at radius 1 is 1.03 bits per heavy atom. The van der Waals surface area contributed by atoms with Crippen LogP contribution in [0.3, 0.4) is 0 Å². The molecule has 0 saturated carbocycles. The summed E-state index contributed by atoms with van der Waals surface area (Å²) >= 11 is 0. The van der Waals surface area contributed by atoms with Gasteiger partial charge in [0.1, 0.15) is 0 Å². The number of rotatable bonds is 3. The molecule has 0 aliphatic heterocycles. The lowest BCUT2D eigenvalue weighted by atomic mass is 10.1. The lowest BCUT2D eigenvalue weighted by Crippen LogP contribution is -2.21. The molecule has 0 spiro atoms. The second-order valence-electron chi connectivity index (χ2n) is 7.18. The Morgan fingerprint density at radius 3 is 2.76 bits per heavy atom. The molecular weight excluding hydrogens is 362 g/mol. The molecule has 6 nitrogen and oxygen atoms in total. The van der Waals surface area contributed by atoms with Crippen LogP contribution in [0, 0.1) is 0 Å². The van der Waals surface area contributed by atoms with Crippen molar-refractivity contribution in [2.45, 2.75) is 0 Å². The van der Waals surface area contributed by atoms with Gasteiger partial charge in [-0.3, -0.25) is 9.78 Å². The molecule has 142 valence electrons. The summed E-state index contributed by atoms with van der Waals surface area (Å²) in [6.07, 6.45) is 3.65. The SMILES string of the molecule is CN(C)C(=O)c1cccc(Nc2nc3ccccc3c3c2[nH]c2ccncc23)c1. The van der Waals surface area contributed by atoms with Crippen LogP contribution >= 0.6 is 0 Å². The van der Waals surface area contributed by atoms with E-state index in [0.29, 0.717) is 11.4 Å². The average molecular weight is 381 g/mol. The van der Waals surface area contributed by atoms with E-state index in [4.69, 9.17) is 4.98 Å². The van der Waals surface area contributed by atoms with Crippen molar-refractivity contribution in [3.63, 3.8) is 0 Å². The van der Waals surface area contributed by atoms with Crippen molar-refractivity contribution in [3.8, 4) is 0 Å². The number of aromatic nitrogens is 3. The lowest BCUT2D eigenvalue weighted by molar-refractivity contribution is 0.0827. The molecule has 29 heavy (non-hydrogen) atoms. The van der Waals surface area contributed by atoms with Crippen LogP contribution in [0.15, 0.2) is 67.0 Å². The van der Waals surface area contributed by atoms with E-state index in [-0.39, 0.29) is 5.91 Å². The van der Waals surface area contributed by atoms with Gasteiger partial charge >= 0.3 is 0 Å². The average Bonchev–Trinajstić information content (AvgIpc) is 3.14. The van der Waals surface area contributed by atoms with E-state index in [1.54, 1.807) is 25.2 Å². The van der Waals surface area contributed by atoms with Crippen LogP contribution in [-0.2, 0) is 0 Å². The quantitative estimate of drug-likeness (QED) is 0.475. The van der Waals surface area contributed by atoms with E-state index < -0.39 is 0 Å². The number of benzene rings is 2. The maximum Gasteiger partial charge on any atom is 0.253 e. The molecular formula is C23H19N5O. The van der Waals surface area contributed by atoms with E-state index in [1.807, 2.05) is 54.7 Å². The van der Waals surface area contributed by atoms with Crippen LogP contribution in [0.25, 0.3) is 32.7 Å². The largest absolute Gasteiger partial charge is 0.351 e. The predicted molar refractivity (Wildman–Crippen MR) is 117 cm³/mol. The monoisotopic (exact) mass is 381 g/mol. The number of hydrogen-bond donors (Lipinski definition) is 2. The van der Waals surface area contributed by atoms with Crippen molar-refractivity contribution in [1.29, 1.82) is 0 Å². The first-order chi connectivity index (χ1) is 14.1. The lowest BCUT2D eigenvalue weighted by Gasteiger charge is -2.13. The number of aromatic amines is 1. The summed E-state index contributed by atoms with van der Waals surface area (Å²) in [5, 5.41) is 6.61. The first-order valence-electron chi connectivity index (χ1n) is 9.35. The summed E-state index contributed by atoms with van der Waals surface area (Å²) in [5.41, 5.74) is 4.24. The number of fused-ring (bicyclic) bond motifs is 5. The standard InChI is InChI=1S/C23H19N5O/c1-28(2)23(29)14-6-5-7-15(12-14)25-22-21-20(16-8-3-4-9-18(16)27-22)17-13-24-11-10-19(17)26-21/h3-13,26H,1-2H3,(H,25,27). The molecule has 0 atom stereocenters. The van der Waals surface area contributed by atoms with E-state index in [2.05, 4.69) is 21.4 Å². The number of carbonyl (C=O) groups is 1. The van der Waals surface area contributed by atoms with Crippen molar-refractivity contribution in [2.24, 2.45) is 0 Å². The molecule has 0 fully saturated rings. The van der Waals surface area contributed by atoms with Crippen molar-refractivity contribution in [1.82, 2.24) is 19.9 Å². The van der Waals surface area contributed by atoms with Gasteiger partial charge in [0.05, 0.1) is 11.0 Å². The predicted octanol–water partition coefficient (Wildman–Crippen LogP) is 4.71. The molecule has 2 N–H and O–H groups in total. The minimum atomic E-state index is -0.0399. The Hall–Kier alpha value is -3.93. The first-order valence-corrected chi connectivity index (χ1v) is 9.35. The highest BCUT2D eigenvalue weighted by molar-refractivity contribution is 6.22. The molecule has 0 aliphatic rings. The molecule has 3 heterocycles. The zero-order chi connectivity index (χ0) is 20.0. The van der Waals surface area contributed by atoms with Gasteiger partial charge in [0.15, 0.2) is 5.82 Å². The van der Waals surface area contributed by atoms with Crippen LogP contribution in [0.5, 0.6) is 0 Å². The molecule has 0 bridgehead atoms. The van der Waals surface area contributed by atoms with Gasteiger partial charge in [0, 0.05) is 59.4 Å². The van der Waals surface area contributed by atoms with Gasteiger partial charge in [-0.15, -0.1) is 0 Å². The fraction of sp³-hybridized carbons (Fsp3) is 0.0870. The number of para-hydroxylation sites is 1. The topological polar surface area (TPSA) is 73.9 Å². The number of hydrogen-bond acceptors (Lipinski definition) is 4. The molecule has 6 heteroatoms. The van der Waals surface area contributed by atoms with Gasteiger partial charge in [-0.25, -0.2) is 4.98 Å². The Balaban J connectivity index is 1.71. The minimum Gasteiger partial charge on any atom is -0.351 e. The minimum absolute atomic E-state index is 0.0399. The highest BCUT2D eigenvalue weighted by Gasteiger charge is 2.15. The van der Waals surface area contributed by atoms with Crippen molar-refractivity contribution < 1.29 is 4.79 Å². The second-order valence-corrected chi connectivity index (χ2v) is 7.18. The summed E-state index contributed by atoms with van der Waals surface area (Å²) in [6, 6.07) is 17.5. The number of amides is 1. The molecule has 3 aromatic heterocycles. The fourth-order valence-corrected chi connectivity index (χ4v) is 3.67. The fourth-order valence-electron chi connectivity index (χ4n) is 3.67. The Morgan fingerprint density at radius 2 is 1.90 bits per heavy atom. The summed E-state index contributed by atoms with van der Waals surface area (Å²) in [4.78, 5) is 26.5. The third-order valence-electron chi connectivity index (χ3n) is 5.02. The number of anilines is 2. The van der Waals surface area contributed by atoms with Gasteiger partial charge in [0.2, 0.25) is 0 Å². The van der Waals surface area contributed by atoms with Crippen molar-refractivity contribution >= 4 is 50.1 Å². The molecule has 2 aromatic carbocycles. The van der Waals surface area contributed by atoms with Crippen molar-refractivity contribution in [2.75, 3.05) is 19.4 Å². The molecule has 0 aliphatic carbocycles. The van der Waals surface area contributed by atoms with Crippen LogP contribution < -0.4 is 5.32 Å². The summed E-state index contributed by atoms with van der Waals surface area (Å²) in [7, 11) is 3.49. The molecule has 5 aromatic rings. The molecule has 0 radical (unpaired) electrons. The van der Waals surface area contributed by atoms with Crippen LogP contribution in [0.4, 0.5) is 11.5 Å². The molecule has 0 saturated heterocycles. The molecule has 5 rings (SSSR count). The van der Waals surface area contributed by atoms with Gasteiger partial charge in [0.25, 0.3) is 5.91 Å². The normalized spacial score (nSPS) is 11.2. The zero-order valence-corrected chi connectivity index (χ0v) is 16.1. The van der Waals surface area contributed by atoms with Gasteiger partial charge in [-0.05, 0) is 30.3 Å². The van der Waals surface area contributed by atoms with Gasteiger partial charge in [-0.1, -0.05) is 24.3 Å². The number of nitrogens with one attached hydrogen (secondary N) is 2. The Kier molecular flexibility index (Phi) is 3.91. The summed E-state index contributed by atoms with van der Waals surface area (Å²) in [5.74, 6) is 0.673. The van der Waals surface area contributed by atoms with E-state index in [9.17, 15) is 4.79 Å². The van der Waals surface area contributed by atoms with E-state index in [1.165, 1.54) is 0 Å². The second kappa shape index (κ2) is 6.60. The van der Waals surface area contributed by atoms with E-state index >= 15 is 0 Å². The molecule has 1 amide bonds. The number of H-pyrrole nitrogens is 1. The van der Waals surface area contributed by atoms with Crippen LogP contribution in [-0.4, -0.2) is 39.9 Å². The highest BCUT2D eigenvalue weighted by Crippen LogP contribution is 2.35. The third-order valence-corrected chi connectivity index (χ3v) is 5.02. The van der Waals surface area contributed by atoms with Crippen LogP contribution in [0.1, 0.15) is 10.4 Å². The number of pyridine rings is 2. The maximum absolute atomic E-state index is 12.3. The number of nitrogens with zero attached hydrogens (tertiary/aromatic N) is 3. The van der Waals surface area contributed by atoms with Gasteiger partial charge < -0.3 is 15.2 Å². The Bertz CT molecular complexity index is 1390.